The van der Waals surface area contributed by atoms with Gasteiger partial charge >= 0.3 is 0 Å². The number of amides is 1. The maximum Gasteiger partial charge on any atom is 0.222 e. The first-order chi connectivity index (χ1) is 15.1. The number of ether oxygens (including phenoxy) is 1. The average molecular weight is 441 g/mol. The van der Waals surface area contributed by atoms with Crippen molar-refractivity contribution in [3.63, 3.8) is 0 Å². The molecule has 1 fully saturated rings. The molecule has 166 valence electrons. The summed E-state index contributed by atoms with van der Waals surface area (Å²) >= 11 is 1.68. The normalized spacial score (nSPS) is 15.0. The second-order valence-corrected chi connectivity index (χ2v) is 9.08. The number of carbonyl (C=O) groups excluding carboxylic acids is 1. The molecule has 2 aromatic heterocycles. The SMILES string of the molecule is CCCCCC(=O)N1CCN(Cc2c(-c3cccc(OC)c3)nc3scc(C)n23)CC1. The van der Waals surface area contributed by atoms with Crippen LogP contribution in [0.5, 0.6) is 5.75 Å². The number of carbonyl (C=O) groups is 1. The number of hydrogen-bond donors (Lipinski definition) is 0. The van der Waals surface area contributed by atoms with E-state index < -0.39 is 0 Å². The Kier molecular flexibility index (Phi) is 6.92. The topological polar surface area (TPSA) is 50.1 Å². The molecular weight excluding hydrogens is 408 g/mol. The molecule has 0 radical (unpaired) electrons. The van der Waals surface area contributed by atoms with E-state index in [-0.39, 0.29) is 0 Å². The minimum atomic E-state index is 0.311. The van der Waals surface area contributed by atoms with Crippen LogP contribution < -0.4 is 4.74 Å². The molecular formula is C24H32N4O2S. The number of aromatic nitrogens is 2. The van der Waals surface area contributed by atoms with Gasteiger partial charge in [0.1, 0.15) is 5.75 Å². The number of nitrogens with zero attached hydrogens (tertiary/aromatic N) is 4. The van der Waals surface area contributed by atoms with Crippen LogP contribution in [-0.4, -0.2) is 58.4 Å². The van der Waals surface area contributed by atoms with Crippen LogP contribution in [0.2, 0.25) is 0 Å². The molecule has 7 heteroatoms. The molecule has 0 saturated carbocycles. The van der Waals surface area contributed by atoms with Crippen LogP contribution in [0.1, 0.15) is 44.0 Å². The lowest BCUT2D eigenvalue weighted by Gasteiger charge is -2.34. The first-order valence-electron chi connectivity index (χ1n) is 11.2. The molecule has 0 bridgehead atoms. The van der Waals surface area contributed by atoms with Crippen LogP contribution in [0, 0.1) is 6.92 Å². The van der Waals surface area contributed by atoms with Gasteiger partial charge in [0.05, 0.1) is 18.5 Å². The zero-order chi connectivity index (χ0) is 21.8. The minimum absolute atomic E-state index is 0.311. The van der Waals surface area contributed by atoms with E-state index in [2.05, 4.69) is 40.7 Å². The fourth-order valence-corrected chi connectivity index (χ4v) is 5.15. The lowest BCUT2D eigenvalue weighted by Crippen LogP contribution is -2.48. The highest BCUT2D eigenvalue weighted by atomic mass is 32.1. The number of hydrogen-bond acceptors (Lipinski definition) is 5. The molecule has 0 atom stereocenters. The molecule has 1 aromatic carbocycles. The molecule has 4 rings (SSSR count). The van der Waals surface area contributed by atoms with Crippen molar-refractivity contribution in [2.75, 3.05) is 33.3 Å². The van der Waals surface area contributed by atoms with Gasteiger partial charge in [0.25, 0.3) is 0 Å². The van der Waals surface area contributed by atoms with Crippen LogP contribution >= 0.6 is 11.3 Å². The van der Waals surface area contributed by atoms with Gasteiger partial charge in [-0.15, -0.1) is 11.3 Å². The Balaban J connectivity index is 1.51. The smallest absolute Gasteiger partial charge is 0.222 e. The van der Waals surface area contributed by atoms with E-state index in [1.54, 1.807) is 18.4 Å². The summed E-state index contributed by atoms with van der Waals surface area (Å²) in [6, 6.07) is 8.13. The summed E-state index contributed by atoms with van der Waals surface area (Å²) in [7, 11) is 1.69. The number of fused-ring (bicyclic) bond motifs is 1. The van der Waals surface area contributed by atoms with Crippen molar-refractivity contribution in [3.8, 4) is 17.0 Å². The van der Waals surface area contributed by atoms with Crippen LogP contribution in [0.25, 0.3) is 16.2 Å². The first-order valence-corrected chi connectivity index (χ1v) is 12.1. The Bertz CT molecular complexity index is 1030. The maximum absolute atomic E-state index is 12.5. The second-order valence-electron chi connectivity index (χ2n) is 8.25. The largest absolute Gasteiger partial charge is 0.497 e. The van der Waals surface area contributed by atoms with Crippen molar-refractivity contribution in [1.82, 2.24) is 19.2 Å². The van der Waals surface area contributed by atoms with Crippen molar-refractivity contribution in [2.45, 2.75) is 46.1 Å². The fourth-order valence-electron chi connectivity index (χ4n) is 4.26. The Morgan fingerprint density at radius 1 is 1.19 bits per heavy atom. The minimum Gasteiger partial charge on any atom is -0.497 e. The van der Waals surface area contributed by atoms with Gasteiger partial charge in [-0.25, -0.2) is 4.98 Å². The zero-order valence-electron chi connectivity index (χ0n) is 18.8. The van der Waals surface area contributed by atoms with Gasteiger partial charge in [-0.05, 0) is 25.5 Å². The molecule has 1 aliphatic heterocycles. The number of unbranched alkanes of at least 4 members (excludes halogenated alkanes) is 2. The van der Waals surface area contributed by atoms with Crippen LogP contribution in [-0.2, 0) is 11.3 Å². The number of imidazole rings is 1. The van der Waals surface area contributed by atoms with Gasteiger partial charge in [-0.3, -0.25) is 14.1 Å². The summed E-state index contributed by atoms with van der Waals surface area (Å²) in [4.78, 5) is 22.9. The van der Waals surface area contributed by atoms with E-state index in [0.717, 1.165) is 74.0 Å². The van der Waals surface area contributed by atoms with E-state index in [0.29, 0.717) is 12.3 Å². The van der Waals surface area contributed by atoms with Crippen molar-refractivity contribution in [3.05, 3.63) is 41.0 Å². The molecule has 0 N–H and O–H groups in total. The summed E-state index contributed by atoms with van der Waals surface area (Å²) in [5.41, 5.74) is 4.52. The lowest BCUT2D eigenvalue weighted by atomic mass is 10.1. The highest BCUT2D eigenvalue weighted by Crippen LogP contribution is 2.31. The van der Waals surface area contributed by atoms with E-state index in [1.165, 1.54) is 11.4 Å². The zero-order valence-corrected chi connectivity index (χ0v) is 19.6. The lowest BCUT2D eigenvalue weighted by molar-refractivity contribution is -0.133. The predicted molar refractivity (Wildman–Crippen MR) is 126 cm³/mol. The molecule has 0 aliphatic carbocycles. The molecule has 1 saturated heterocycles. The predicted octanol–water partition coefficient (Wildman–Crippen LogP) is 4.60. The van der Waals surface area contributed by atoms with E-state index in [1.807, 2.05) is 17.0 Å². The molecule has 0 unspecified atom stereocenters. The third kappa shape index (κ3) is 4.77. The highest BCUT2D eigenvalue weighted by molar-refractivity contribution is 7.15. The fraction of sp³-hybridized carbons (Fsp3) is 0.500. The van der Waals surface area contributed by atoms with Gasteiger partial charge in [-0.1, -0.05) is 31.9 Å². The van der Waals surface area contributed by atoms with Crippen LogP contribution in [0.15, 0.2) is 29.6 Å². The van der Waals surface area contributed by atoms with Gasteiger partial charge in [0.2, 0.25) is 5.91 Å². The monoisotopic (exact) mass is 440 g/mol. The van der Waals surface area contributed by atoms with Gasteiger partial charge in [0, 0.05) is 55.8 Å². The second kappa shape index (κ2) is 9.83. The summed E-state index contributed by atoms with van der Waals surface area (Å²) in [5.74, 6) is 1.15. The highest BCUT2D eigenvalue weighted by Gasteiger charge is 2.24. The molecule has 3 heterocycles. The van der Waals surface area contributed by atoms with Crippen molar-refractivity contribution in [1.29, 1.82) is 0 Å². The van der Waals surface area contributed by atoms with Gasteiger partial charge in [0.15, 0.2) is 4.96 Å². The van der Waals surface area contributed by atoms with Crippen LogP contribution in [0.3, 0.4) is 0 Å². The summed E-state index contributed by atoms with van der Waals surface area (Å²) < 4.78 is 7.71. The molecule has 31 heavy (non-hydrogen) atoms. The number of aryl methyl sites for hydroxylation is 1. The van der Waals surface area contributed by atoms with Gasteiger partial charge < -0.3 is 9.64 Å². The number of benzene rings is 1. The molecule has 1 aliphatic rings. The standard InChI is InChI=1S/C24H32N4O2S/c1-4-5-6-10-22(29)27-13-11-26(12-14-27)16-21-23(19-8-7-9-20(15-19)30-3)25-24-28(21)18(2)17-31-24/h7-9,15,17H,4-6,10-14,16H2,1-3H3. The molecule has 3 aromatic rings. The Labute approximate surface area is 188 Å². The Morgan fingerprint density at radius 2 is 2.00 bits per heavy atom. The molecule has 1 amide bonds. The number of rotatable bonds is 8. The number of thiazole rings is 1. The van der Waals surface area contributed by atoms with E-state index in [4.69, 9.17) is 9.72 Å². The van der Waals surface area contributed by atoms with E-state index >= 15 is 0 Å². The third-order valence-electron chi connectivity index (χ3n) is 6.07. The van der Waals surface area contributed by atoms with E-state index in [9.17, 15) is 4.79 Å². The summed E-state index contributed by atoms with van der Waals surface area (Å²) in [6.45, 7) is 8.54. The Hall–Kier alpha value is -2.38. The number of piperazine rings is 1. The quantitative estimate of drug-likeness (QED) is 0.480. The molecule has 0 spiro atoms. The summed E-state index contributed by atoms with van der Waals surface area (Å²) in [5, 5.41) is 2.16. The van der Waals surface area contributed by atoms with Gasteiger partial charge in [-0.2, -0.15) is 0 Å². The number of methoxy groups -OCH3 is 1. The van der Waals surface area contributed by atoms with Crippen molar-refractivity contribution in [2.24, 2.45) is 0 Å². The van der Waals surface area contributed by atoms with Crippen molar-refractivity contribution < 1.29 is 9.53 Å². The Morgan fingerprint density at radius 3 is 2.74 bits per heavy atom. The van der Waals surface area contributed by atoms with Crippen molar-refractivity contribution >= 4 is 22.2 Å². The summed E-state index contributed by atoms with van der Waals surface area (Å²) in [6.07, 6.45) is 3.98. The third-order valence-corrected chi connectivity index (χ3v) is 7.01. The molecule has 6 nitrogen and oxygen atoms in total. The first kappa shape index (κ1) is 21.8. The maximum atomic E-state index is 12.5. The van der Waals surface area contributed by atoms with Crippen LogP contribution in [0.4, 0.5) is 0 Å². The average Bonchev–Trinajstić information content (AvgIpc) is 3.34.